The van der Waals surface area contributed by atoms with Crippen LogP contribution in [0.2, 0.25) is 0 Å². The second-order valence-corrected chi connectivity index (χ2v) is 3.83. The average Bonchev–Trinajstić information content (AvgIpc) is 2.40. The summed E-state index contributed by atoms with van der Waals surface area (Å²) in [4.78, 5) is 8.15. The van der Waals surface area contributed by atoms with Gasteiger partial charge in [0.05, 0.1) is 25.5 Å². The predicted octanol–water partition coefficient (Wildman–Crippen LogP) is 2.80. The van der Waals surface area contributed by atoms with Gasteiger partial charge < -0.3 is 10.1 Å². The summed E-state index contributed by atoms with van der Waals surface area (Å²) >= 11 is 0. The lowest BCUT2D eigenvalue weighted by Gasteiger charge is -2.14. The summed E-state index contributed by atoms with van der Waals surface area (Å²) in [5.41, 5.74) is 0.580. The van der Waals surface area contributed by atoms with E-state index in [1.54, 1.807) is 37.7 Å². The molecular weight excluding hydrogens is 233 g/mol. The Morgan fingerprint density at radius 1 is 1.22 bits per heavy atom. The lowest BCUT2D eigenvalue weighted by atomic mass is 10.1. The molecule has 0 saturated carbocycles. The van der Waals surface area contributed by atoms with E-state index in [9.17, 15) is 4.39 Å². The van der Waals surface area contributed by atoms with Crippen molar-refractivity contribution < 1.29 is 9.13 Å². The summed E-state index contributed by atoms with van der Waals surface area (Å²) in [6.45, 7) is 1.85. The van der Waals surface area contributed by atoms with Gasteiger partial charge in [-0.15, -0.1) is 0 Å². The minimum absolute atomic E-state index is 0.209. The molecule has 0 bridgehead atoms. The molecule has 1 aromatic carbocycles. The zero-order valence-corrected chi connectivity index (χ0v) is 10.2. The number of aromatic nitrogens is 2. The molecule has 0 aliphatic carbocycles. The van der Waals surface area contributed by atoms with Crippen LogP contribution in [0.25, 0.3) is 0 Å². The average molecular weight is 247 g/mol. The van der Waals surface area contributed by atoms with Crippen LogP contribution in [0.3, 0.4) is 0 Å². The Morgan fingerprint density at radius 3 is 2.50 bits per heavy atom. The second kappa shape index (κ2) is 5.44. The first kappa shape index (κ1) is 12.3. The Balaban J connectivity index is 2.11. The predicted molar refractivity (Wildman–Crippen MR) is 67.0 cm³/mol. The van der Waals surface area contributed by atoms with Gasteiger partial charge in [0.15, 0.2) is 5.75 Å². The maximum atomic E-state index is 13.6. The number of nitrogens with zero attached hydrogens (tertiary/aromatic N) is 2. The quantitative estimate of drug-likeness (QED) is 0.902. The zero-order valence-electron chi connectivity index (χ0n) is 10.2. The summed E-state index contributed by atoms with van der Waals surface area (Å²) in [6.07, 6.45) is 3.12. The molecule has 94 valence electrons. The molecule has 18 heavy (non-hydrogen) atoms. The van der Waals surface area contributed by atoms with Crippen molar-refractivity contribution in [3.05, 3.63) is 48.0 Å². The molecule has 1 aromatic heterocycles. The fraction of sp³-hybridized carbons (Fsp3) is 0.231. The molecule has 1 unspecified atom stereocenters. The number of hydrogen-bond donors (Lipinski definition) is 1. The molecule has 0 spiro atoms. The number of nitrogens with one attached hydrogen (secondary N) is 1. The van der Waals surface area contributed by atoms with Crippen LogP contribution in [0, 0.1) is 5.82 Å². The van der Waals surface area contributed by atoms with Gasteiger partial charge in [0.25, 0.3) is 0 Å². The minimum atomic E-state index is -0.244. The van der Waals surface area contributed by atoms with Gasteiger partial charge in [-0.2, -0.15) is 0 Å². The highest BCUT2D eigenvalue weighted by atomic mass is 19.1. The summed E-state index contributed by atoms with van der Waals surface area (Å²) < 4.78 is 18.5. The van der Waals surface area contributed by atoms with E-state index in [0.717, 1.165) is 0 Å². The maximum Gasteiger partial charge on any atom is 0.223 e. The van der Waals surface area contributed by atoms with Crippen molar-refractivity contribution in [3.63, 3.8) is 0 Å². The highest BCUT2D eigenvalue weighted by molar-refractivity contribution is 5.33. The van der Waals surface area contributed by atoms with Crippen molar-refractivity contribution in [2.24, 2.45) is 0 Å². The minimum Gasteiger partial charge on any atom is -0.494 e. The van der Waals surface area contributed by atoms with Gasteiger partial charge in [0.2, 0.25) is 5.95 Å². The second-order valence-electron chi connectivity index (χ2n) is 3.83. The molecule has 1 atom stereocenters. The van der Waals surface area contributed by atoms with Gasteiger partial charge in [-0.1, -0.05) is 18.2 Å². The Hall–Kier alpha value is -2.17. The summed E-state index contributed by atoms with van der Waals surface area (Å²) in [5.74, 6) is 0.775. The van der Waals surface area contributed by atoms with Gasteiger partial charge in [-0.25, -0.2) is 14.4 Å². The standard InChI is InChI=1S/C13H14FN3O/c1-9(11-5-3-4-6-12(11)14)17-13-15-7-10(18-2)8-16-13/h3-9H,1-2H3,(H,15,16,17). The third-order valence-corrected chi connectivity index (χ3v) is 2.58. The van der Waals surface area contributed by atoms with Crippen LogP contribution >= 0.6 is 0 Å². The lowest BCUT2D eigenvalue weighted by molar-refractivity contribution is 0.411. The van der Waals surface area contributed by atoms with Crippen molar-refractivity contribution >= 4 is 5.95 Å². The number of ether oxygens (including phenoxy) is 1. The number of benzene rings is 1. The highest BCUT2D eigenvalue weighted by Crippen LogP contribution is 2.19. The molecule has 0 aliphatic heterocycles. The molecule has 4 nitrogen and oxygen atoms in total. The van der Waals surface area contributed by atoms with Crippen molar-refractivity contribution in [2.45, 2.75) is 13.0 Å². The van der Waals surface area contributed by atoms with Crippen LogP contribution in [0.4, 0.5) is 10.3 Å². The molecule has 0 fully saturated rings. The molecule has 0 saturated heterocycles. The molecule has 0 amide bonds. The number of methoxy groups -OCH3 is 1. The van der Waals surface area contributed by atoms with E-state index in [-0.39, 0.29) is 11.9 Å². The molecule has 0 aliphatic rings. The Bertz CT molecular complexity index is 516. The fourth-order valence-electron chi connectivity index (χ4n) is 1.59. The zero-order chi connectivity index (χ0) is 13.0. The normalized spacial score (nSPS) is 11.9. The summed E-state index contributed by atoms with van der Waals surface area (Å²) in [6, 6.07) is 6.42. The number of rotatable bonds is 4. The Morgan fingerprint density at radius 2 is 1.89 bits per heavy atom. The van der Waals surface area contributed by atoms with Crippen molar-refractivity contribution in [1.29, 1.82) is 0 Å². The van der Waals surface area contributed by atoms with Crippen molar-refractivity contribution in [2.75, 3.05) is 12.4 Å². The highest BCUT2D eigenvalue weighted by Gasteiger charge is 2.10. The largest absolute Gasteiger partial charge is 0.494 e. The molecule has 2 rings (SSSR count). The summed E-state index contributed by atoms with van der Waals surface area (Å²) in [7, 11) is 1.55. The lowest BCUT2D eigenvalue weighted by Crippen LogP contribution is -2.10. The van der Waals surface area contributed by atoms with Crippen LogP contribution in [0.15, 0.2) is 36.7 Å². The molecule has 2 aromatic rings. The van der Waals surface area contributed by atoms with E-state index in [4.69, 9.17) is 4.74 Å². The van der Waals surface area contributed by atoms with E-state index < -0.39 is 0 Å². The van der Waals surface area contributed by atoms with Crippen LogP contribution in [-0.4, -0.2) is 17.1 Å². The van der Waals surface area contributed by atoms with Crippen LogP contribution in [-0.2, 0) is 0 Å². The maximum absolute atomic E-state index is 13.6. The van der Waals surface area contributed by atoms with Gasteiger partial charge in [-0.3, -0.25) is 0 Å². The van der Waals surface area contributed by atoms with Crippen LogP contribution in [0.1, 0.15) is 18.5 Å². The third kappa shape index (κ3) is 2.74. The molecule has 1 N–H and O–H groups in total. The number of halogens is 1. The van der Waals surface area contributed by atoms with E-state index >= 15 is 0 Å². The molecule has 1 heterocycles. The fourth-order valence-corrected chi connectivity index (χ4v) is 1.59. The smallest absolute Gasteiger partial charge is 0.223 e. The topological polar surface area (TPSA) is 47.0 Å². The van der Waals surface area contributed by atoms with E-state index in [0.29, 0.717) is 17.3 Å². The van der Waals surface area contributed by atoms with E-state index in [1.807, 2.05) is 6.92 Å². The summed E-state index contributed by atoms with van der Waals surface area (Å²) in [5, 5.41) is 3.03. The SMILES string of the molecule is COc1cnc(NC(C)c2ccccc2F)nc1. The van der Waals surface area contributed by atoms with Gasteiger partial charge in [0, 0.05) is 5.56 Å². The monoisotopic (exact) mass is 247 g/mol. The molecular formula is C13H14FN3O. The third-order valence-electron chi connectivity index (χ3n) is 2.58. The van der Waals surface area contributed by atoms with E-state index in [1.165, 1.54) is 6.07 Å². The Labute approximate surface area is 105 Å². The van der Waals surface area contributed by atoms with Crippen molar-refractivity contribution in [3.8, 4) is 5.75 Å². The number of hydrogen-bond acceptors (Lipinski definition) is 4. The first-order valence-corrected chi connectivity index (χ1v) is 5.57. The first-order valence-electron chi connectivity index (χ1n) is 5.57. The van der Waals surface area contributed by atoms with Gasteiger partial charge in [-0.05, 0) is 13.0 Å². The van der Waals surface area contributed by atoms with Crippen LogP contribution < -0.4 is 10.1 Å². The van der Waals surface area contributed by atoms with Gasteiger partial charge in [0.1, 0.15) is 5.82 Å². The number of anilines is 1. The molecule has 5 heteroatoms. The van der Waals surface area contributed by atoms with Gasteiger partial charge >= 0.3 is 0 Å². The Kier molecular flexibility index (Phi) is 3.72. The first-order chi connectivity index (χ1) is 8.70. The van der Waals surface area contributed by atoms with E-state index in [2.05, 4.69) is 15.3 Å². The molecule has 0 radical (unpaired) electrons. The van der Waals surface area contributed by atoms with Crippen molar-refractivity contribution in [1.82, 2.24) is 9.97 Å². The van der Waals surface area contributed by atoms with Crippen LogP contribution in [0.5, 0.6) is 5.75 Å².